The minimum Gasteiger partial charge on any atom is -0.482 e. The summed E-state index contributed by atoms with van der Waals surface area (Å²) in [7, 11) is 1.72. The average Bonchev–Trinajstić information content (AvgIpc) is 2.48. The van der Waals surface area contributed by atoms with Gasteiger partial charge in [-0.3, -0.25) is 10.1 Å². The van der Waals surface area contributed by atoms with Crippen LogP contribution >= 0.6 is 15.9 Å². The second-order valence-corrected chi connectivity index (χ2v) is 4.93. The maximum atomic E-state index is 13.5. The molecule has 1 N–H and O–H groups in total. The summed E-state index contributed by atoms with van der Waals surface area (Å²) in [5.74, 6) is -0.0997. The number of aromatic nitrogens is 1. The number of ether oxygens (including phenoxy) is 1. The number of nitrogens with one attached hydrogen (secondary N) is 1. The highest BCUT2D eigenvalue weighted by Crippen LogP contribution is 2.33. The van der Waals surface area contributed by atoms with Gasteiger partial charge >= 0.3 is 5.69 Å². The van der Waals surface area contributed by atoms with Crippen LogP contribution in [0.1, 0.15) is 5.56 Å². The summed E-state index contributed by atoms with van der Waals surface area (Å²) in [6.45, 7) is 0.0686. The van der Waals surface area contributed by atoms with Gasteiger partial charge in [-0.1, -0.05) is 0 Å². The molecule has 0 radical (unpaired) electrons. The van der Waals surface area contributed by atoms with E-state index in [0.717, 1.165) is 17.7 Å². The number of anilines is 1. The average molecular weight is 356 g/mol. The molecule has 1 heterocycles. The molecular weight excluding hydrogens is 345 g/mol. The molecule has 0 saturated heterocycles. The van der Waals surface area contributed by atoms with E-state index in [2.05, 4.69) is 26.2 Å². The summed E-state index contributed by atoms with van der Waals surface area (Å²) in [6, 6.07) is 5.52. The summed E-state index contributed by atoms with van der Waals surface area (Å²) < 4.78 is 18.9. The molecular formula is C13H11BrFN3O3. The third-order valence-corrected chi connectivity index (χ3v) is 3.28. The fraction of sp³-hybridized carbons (Fsp3) is 0.154. The van der Waals surface area contributed by atoms with Gasteiger partial charge in [-0.05, 0) is 33.6 Å². The number of nitrogens with zero attached hydrogens (tertiary/aromatic N) is 2. The van der Waals surface area contributed by atoms with Crippen molar-refractivity contribution < 1.29 is 14.1 Å². The van der Waals surface area contributed by atoms with Gasteiger partial charge in [-0.2, -0.15) is 0 Å². The maximum absolute atomic E-state index is 13.5. The Labute approximate surface area is 128 Å². The lowest BCUT2D eigenvalue weighted by molar-refractivity contribution is -0.386. The van der Waals surface area contributed by atoms with E-state index in [1.54, 1.807) is 25.4 Å². The first-order valence-electron chi connectivity index (χ1n) is 5.90. The van der Waals surface area contributed by atoms with E-state index >= 15 is 0 Å². The lowest BCUT2D eigenvalue weighted by Crippen LogP contribution is -2.01. The number of rotatable bonds is 5. The fourth-order valence-corrected chi connectivity index (χ4v) is 1.97. The van der Waals surface area contributed by atoms with Gasteiger partial charge in [0, 0.05) is 25.4 Å². The Morgan fingerprint density at radius 1 is 1.48 bits per heavy atom. The van der Waals surface area contributed by atoms with E-state index in [9.17, 15) is 14.5 Å². The topological polar surface area (TPSA) is 77.3 Å². The van der Waals surface area contributed by atoms with E-state index in [1.807, 2.05) is 0 Å². The Bertz CT molecular complexity index is 682. The molecule has 21 heavy (non-hydrogen) atoms. The van der Waals surface area contributed by atoms with Crippen molar-refractivity contribution in [3.8, 4) is 5.75 Å². The van der Waals surface area contributed by atoms with Crippen LogP contribution in [0.15, 0.2) is 34.9 Å². The van der Waals surface area contributed by atoms with Crippen molar-refractivity contribution in [3.05, 3.63) is 56.4 Å². The summed E-state index contributed by atoms with van der Waals surface area (Å²) in [6.07, 6.45) is 1.58. The van der Waals surface area contributed by atoms with Crippen molar-refractivity contribution in [2.24, 2.45) is 0 Å². The van der Waals surface area contributed by atoms with E-state index in [1.165, 1.54) is 0 Å². The molecule has 1 aromatic heterocycles. The third-order valence-electron chi connectivity index (χ3n) is 2.67. The normalized spacial score (nSPS) is 10.2. The number of hydrogen-bond donors (Lipinski definition) is 1. The molecule has 0 atom stereocenters. The van der Waals surface area contributed by atoms with Gasteiger partial charge in [0.1, 0.15) is 18.2 Å². The number of nitro groups is 1. The van der Waals surface area contributed by atoms with Crippen LogP contribution in [0.2, 0.25) is 0 Å². The van der Waals surface area contributed by atoms with Gasteiger partial charge in [0.2, 0.25) is 0 Å². The first-order chi connectivity index (χ1) is 10.0. The van der Waals surface area contributed by atoms with Crippen LogP contribution in [0.3, 0.4) is 0 Å². The van der Waals surface area contributed by atoms with Gasteiger partial charge in [-0.25, -0.2) is 9.37 Å². The van der Waals surface area contributed by atoms with E-state index < -0.39 is 10.7 Å². The second-order valence-electron chi connectivity index (χ2n) is 4.08. The van der Waals surface area contributed by atoms with Crippen molar-refractivity contribution >= 4 is 27.4 Å². The highest BCUT2D eigenvalue weighted by molar-refractivity contribution is 9.10. The summed E-state index contributed by atoms with van der Waals surface area (Å²) in [5.41, 5.74) is 0.457. The smallest absolute Gasteiger partial charge is 0.312 e. The molecule has 6 nitrogen and oxygen atoms in total. The third kappa shape index (κ3) is 3.66. The Balaban J connectivity index is 2.22. The highest BCUT2D eigenvalue weighted by Gasteiger charge is 2.19. The van der Waals surface area contributed by atoms with Crippen LogP contribution in [-0.4, -0.2) is 17.0 Å². The number of hydrogen-bond acceptors (Lipinski definition) is 5. The van der Waals surface area contributed by atoms with Gasteiger partial charge in [-0.15, -0.1) is 0 Å². The lowest BCUT2D eigenvalue weighted by atomic mass is 10.2. The molecule has 0 unspecified atom stereocenters. The summed E-state index contributed by atoms with van der Waals surface area (Å²) >= 11 is 2.91. The molecule has 2 rings (SSSR count). The zero-order valence-corrected chi connectivity index (χ0v) is 12.6. The quantitative estimate of drug-likeness (QED) is 0.655. The molecule has 0 spiro atoms. The minimum absolute atomic E-state index is 0.0166. The van der Waals surface area contributed by atoms with Crippen molar-refractivity contribution in [2.45, 2.75) is 6.61 Å². The molecule has 0 bridgehead atoms. The van der Waals surface area contributed by atoms with Crippen LogP contribution in [0.4, 0.5) is 15.9 Å². The SMILES string of the molecule is CNc1cc(COc2cc(F)c(Br)cc2[N+](=O)[O-])ccn1. The van der Waals surface area contributed by atoms with Crippen molar-refractivity contribution in [3.63, 3.8) is 0 Å². The maximum Gasteiger partial charge on any atom is 0.312 e. The largest absolute Gasteiger partial charge is 0.482 e. The molecule has 0 fully saturated rings. The molecule has 0 amide bonds. The molecule has 0 aliphatic heterocycles. The highest BCUT2D eigenvalue weighted by atomic mass is 79.9. The molecule has 0 aliphatic carbocycles. The molecule has 2 aromatic rings. The number of benzene rings is 1. The molecule has 110 valence electrons. The van der Waals surface area contributed by atoms with Crippen molar-refractivity contribution in [1.82, 2.24) is 4.98 Å². The summed E-state index contributed by atoms with van der Waals surface area (Å²) in [4.78, 5) is 14.4. The zero-order chi connectivity index (χ0) is 15.4. The van der Waals surface area contributed by atoms with Crippen LogP contribution in [0, 0.1) is 15.9 Å². The first-order valence-corrected chi connectivity index (χ1v) is 6.69. The van der Waals surface area contributed by atoms with E-state index in [-0.39, 0.29) is 22.5 Å². The molecule has 1 aromatic carbocycles. The predicted octanol–water partition coefficient (Wildman–Crippen LogP) is 3.51. The summed E-state index contributed by atoms with van der Waals surface area (Å²) in [5, 5.41) is 13.8. The minimum atomic E-state index is -0.624. The van der Waals surface area contributed by atoms with Crippen molar-refractivity contribution in [2.75, 3.05) is 12.4 Å². The Morgan fingerprint density at radius 2 is 2.24 bits per heavy atom. The Kier molecular flexibility index (Phi) is 4.69. The number of halogens is 2. The second kappa shape index (κ2) is 6.49. The molecule has 0 aliphatic rings. The fourth-order valence-electron chi connectivity index (χ4n) is 1.64. The van der Waals surface area contributed by atoms with Crippen molar-refractivity contribution in [1.29, 1.82) is 0 Å². The zero-order valence-electron chi connectivity index (χ0n) is 11.0. The molecule has 8 heteroatoms. The first kappa shape index (κ1) is 15.2. The standard InChI is InChI=1S/C13H11BrFN3O3/c1-16-13-4-8(2-3-17-13)7-21-12-6-10(15)9(14)5-11(12)18(19)20/h2-6H,7H2,1H3,(H,16,17). The van der Waals surface area contributed by atoms with Crippen LogP contribution < -0.4 is 10.1 Å². The Hall–Kier alpha value is -2.22. The number of pyridine rings is 1. The van der Waals surface area contributed by atoms with Gasteiger partial charge in [0.15, 0.2) is 5.75 Å². The Morgan fingerprint density at radius 3 is 2.90 bits per heavy atom. The van der Waals surface area contributed by atoms with Crippen LogP contribution in [0.25, 0.3) is 0 Å². The molecule has 0 saturated carbocycles. The van der Waals surface area contributed by atoms with E-state index in [0.29, 0.717) is 5.82 Å². The van der Waals surface area contributed by atoms with Gasteiger partial charge < -0.3 is 10.1 Å². The van der Waals surface area contributed by atoms with Crippen LogP contribution in [0.5, 0.6) is 5.75 Å². The van der Waals surface area contributed by atoms with Gasteiger partial charge in [0.25, 0.3) is 0 Å². The van der Waals surface area contributed by atoms with E-state index in [4.69, 9.17) is 4.74 Å². The van der Waals surface area contributed by atoms with Crippen LogP contribution in [-0.2, 0) is 6.61 Å². The monoisotopic (exact) mass is 355 g/mol. The van der Waals surface area contributed by atoms with Gasteiger partial charge in [0.05, 0.1) is 9.40 Å². The number of nitro benzene ring substituents is 1. The predicted molar refractivity (Wildman–Crippen MR) is 78.9 cm³/mol. The lowest BCUT2D eigenvalue weighted by Gasteiger charge is -2.08.